The Morgan fingerprint density at radius 3 is 1.40 bits per heavy atom. The van der Waals surface area contributed by atoms with Crippen molar-refractivity contribution < 1.29 is 0 Å². The minimum absolute atomic E-state index is 0.478. The van der Waals surface area contributed by atoms with E-state index in [0.717, 1.165) is 0 Å². The molecule has 20 heavy (non-hydrogen) atoms. The third-order valence-electron chi connectivity index (χ3n) is 3.88. The molecule has 0 radical (unpaired) electrons. The molecule has 0 N–H and O–H groups in total. The molecule has 0 nitrogen and oxygen atoms in total. The van der Waals surface area contributed by atoms with Gasteiger partial charge in [0.15, 0.2) is 0 Å². The molecule has 94 valence electrons. The molecule has 0 atom stereocenters. The van der Waals surface area contributed by atoms with Gasteiger partial charge in [-0.2, -0.15) is 0 Å². The van der Waals surface area contributed by atoms with Gasteiger partial charge in [0, 0.05) is 0 Å². The Labute approximate surface area is 128 Å². The van der Waals surface area contributed by atoms with Gasteiger partial charge in [-0.25, -0.2) is 0 Å². The molecule has 2 aromatic heterocycles. The summed E-state index contributed by atoms with van der Waals surface area (Å²) in [5.41, 5.74) is 0. The molecule has 0 aliphatic rings. The van der Waals surface area contributed by atoms with Gasteiger partial charge < -0.3 is 0 Å². The summed E-state index contributed by atoms with van der Waals surface area (Å²) in [4.78, 5) is 0. The van der Waals surface area contributed by atoms with Crippen LogP contribution in [0.1, 0.15) is 0 Å². The first-order valence-corrected chi connectivity index (χ1v) is 10.1. The van der Waals surface area contributed by atoms with E-state index in [1.165, 1.54) is 21.5 Å². The van der Waals surface area contributed by atoms with E-state index in [0.29, 0.717) is 29.0 Å². The monoisotopic (exact) mass is 386 g/mol. The minimum atomic E-state index is 0.478. The van der Waals surface area contributed by atoms with Crippen LogP contribution in [-0.2, 0) is 0 Å². The van der Waals surface area contributed by atoms with E-state index in [9.17, 15) is 0 Å². The van der Waals surface area contributed by atoms with Crippen LogP contribution in [0.4, 0.5) is 0 Å². The first-order valence-electron chi connectivity index (χ1n) is 6.63. The van der Waals surface area contributed by atoms with E-state index in [4.69, 9.17) is 0 Å². The third kappa shape index (κ3) is 1.48. The van der Waals surface area contributed by atoms with Gasteiger partial charge in [0.25, 0.3) is 0 Å². The molecule has 2 heteroatoms. The molecule has 2 heterocycles. The van der Waals surface area contributed by atoms with Crippen LogP contribution < -0.4 is 0 Å². The summed E-state index contributed by atoms with van der Waals surface area (Å²) in [6.07, 6.45) is 0. The second kappa shape index (κ2) is 4.10. The second-order valence-corrected chi connectivity index (χ2v) is 9.59. The molecule has 0 unspecified atom stereocenters. The number of fused-ring (bicyclic) bond motifs is 6. The van der Waals surface area contributed by atoms with Gasteiger partial charge in [-0.3, -0.25) is 0 Å². The van der Waals surface area contributed by atoms with Crippen LogP contribution >= 0.6 is 0 Å². The van der Waals surface area contributed by atoms with Crippen molar-refractivity contribution in [2.24, 2.45) is 0 Å². The van der Waals surface area contributed by atoms with Gasteiger partial charge in [0.1, 0.15) is 0 Å². The maximum atomic E-state index is 2.47. The molecule has 5 rings (SSSR count). The Morgan fingerprint density at radius 1 is 0.450 bits per heavy atom. The van der Waals surface area contributed by atoms with Crippen molar-refractivity contribution in [3.8, 4) is 0 Å². The number of hydrogen-bond donors (Lipinski definition) is 0. The van der Waals surface area contributed by atoms with Crippen molar-refractivity contribution in [3.63, 3.8) is 0 Å². The number of rotatable bonds is 0. The summed E-state index contributed by atoms with van der Waals surface area (Å²) >= 11 is 0.955. The van der Waals surface area contributed by atoms with Crippen molar-refractivity contribution in [3.05, 3.63) is 60.7 Å². The van der Waals surface area contributed by atoms with Crippen LogP contribution in [0.5, 0.6) is 0 Å². The van der Waals surface area contributed by atoms with E-state index in [1.807, 2.05) is 0 Å². The van der Waals surface area contributed by atoms with Crippen LogP contribution in [0.2, 0.25) is 0 Å². The zero-order chi connectivity index (χ0) is 13.1. The van der Waals surface area contributed by atoms with Gasteiger partial charge in [-0.05, 0) is 0 Å². The Morgan fingerprint density at radius 2 is 0.900 bits per heavy atom. The summed E-state index contributed by atoms with van der Waals surface area (Å²) in [6, 6.07) is 22.7. The SMILES string of the molecule is c1ccc2c(c1)[se]c1cc3c(cc12)[se]c1ccccc13. The van der Waals surface area contributed by atoms with Crippen molar-refractivity contribution in [1.29, 1.82) is 0 Å². The van der Waals surface area contributed by atoms with Gasteiger partial charge >= 0.3 is 128 Å². The first kappa shape index (κ1) is 11.4. The number of hydrogen-bond acceptors (Lipinski definition) is 0. The molecule has 0 aliphatic heterocycles. The van der Waals surface area contributed by atoms with Gasteiger partial charge in [0.05, 0.1) is 0 Å². The topological polar surface area (TPSA) is 0 Å². The van der Waals surface area contributed by atoms with Crippen molar-refractivity contribution in [2.45, 2.75) is 0 Å². The standard InChI is InChI=1S/C18H10Se2/c1-3-7-15-11(5-1)13-9-18-14(10-17(13)19-15)12-6-2-4-8-16(12)20-18/h1-10H. The maximum absolute atomic E-state index is 2.47. The molecule has 3 aromatic carbocycles. The molecule has 0 spiro atoms. The van der Waals surface area contributed by atoms with E-state index in [-0.39, 0.29) is 0 Å². The Kier molecular flexibility index (Phi) is 2.33. The average molecular weight is 384 g/mol. The summed E-state index contributed by atoms with van der Waals surface area (Å²) in [5, 5.41) is 5.93. The van der Waals surface area contributed by atoms with Gasteiger partial charge in [0.2, 0.25) is 0 Å². The molecular formula is C18H10Se2. The molecule has 0 aliphatic carbocycles. The van der Waals surface area contributed by atoms with Crippen molar-refractivity contribution >= 4 is 67.6 Å². The van der Waals surface area contributed by atoms with Crippen LogP contribution in [0.3, 0.4) is 0 Å². The fourth-order valence-electron chi connectivity index (χ4n) is 2.94. The van der Waals surface area contributed by atoms with Crippen LogP contribution in [0.25, 0.3) is 38.6 Å². The fraction of sp³-hybridized carbons (Fsp3) is 0. The summed E-state index contributed by atoms with van der Waals surface area (Å²) in [7, 11) is 0. The van der Waals surface area contributed by atoms with Gasteiger partial charge in [-0.15, -0.1) is 0 Å². The van der Waals surface area contributed by atoms with Crippen LogP contribution in [0.15, 0.2) is 60.7 Å². The molecule has 0 fully saturated rings. The van der Waals surface area contributed by atoms with Crippen LogP contribution in [0, 0.1) is 0 Å². The van der Waals surface area contributed by atoms with E-state index >= 15 is 0 Å². The van der Waals surface area contributed by atoms with Crippen LogP contribution in [-0.4, -0.2) is 29.0 Å². The number of benzene rings is 3. The fourth-order valence-corrected chi connectivity index (χ4v) is 7.67. The quantitative estimate of drug-likeness (QED) is 0.347. The van der Waals surface area contributed by atoms with Gasteiger partial charge in [-0.1, -0.05) is 0 Å². The predicted octanol–water partition coefficient (Wildman–Crippen LogP) is 4.41. The Bertz CT molecular complexity index is 1010. The Balaban J connectivity index is 2.05. The molecule has 0 bridgehead atoms. The molecule has 5 aromatic rings. The Hall–Kier alpha value is -1.30. The van der Waals surface area contributed by atoms with E-state index in [2.05, 4.69) is 60.7 Å². The summed E-state index contributed by atoms with van der Waals surface area (Å²) in [6.45, 7) is 0. The third-order valence-corrected chi connectivity index (χ3v) is 8.63. The van der Waals surface area contributed by atoms with Crippen molar-refractivity contribution in [1.82, 2.24) is 0 Å². The summed E-state index contributed by atoms with van der Waals surface area (Å²) in [5.74, 6) is 0. The molecular weight excluding hydrogens is 374 g/mol. The summed E-state index contributed by atoms with van der Waals surface area (Å²) < 4.78 is 6.20. The first-order chi connectivity index (χ1) is 9.90. The van der Waals surface area contributed by atoms with Crippen molar-refractivity contribution in [2.75, 3.05) is 0 Å². The second-order valence-electron chi connectivity index (χ2n) is 5.04. The molecule has 0 saturated carbocycles. The normalized spacial score (nSPS) is 12.0. The predicted molar refractivity (Wildman–Crippen MR) is 90.3 cm³/mol. The van der Waals surface area contributed by atoms with E-state index in [1.54, 1.807) is 17.0 Å². The zero-order valence-corrected chi connectivity index (χ0v) is 14.0. The molecule has 0 amide bonds. The average Bonchev–Trinajstić information content (AvgIpc) is 3.02. The zero-order valence-electron chi connectivity index (χ0n) is 10.6. The molecule has 0 saturated heterocycles. The van der Waals surface area contributed by atoms with E-state index < -0.39 is 0 Å².